The van der Waals surface area contributed by atoms with E-state index < -0.39 is 0 Å². The maximum atomic E-state index is 5.87. The van der Waals surface area contributed by atoms with Gasteiger partial charge in [-0.15, -0.1) is 0 Å². The fourth-order valence-electron chi connectivity index (χ4n) is 2.47. The summed E-state index contributed by atoms with van der Waals surface area (Å²) in [6.45, 7) is 5.45. The van der Waals surface area contributed by atoms with Crippen LogP contribution in [0.2, 0.25) is 0 Å². The fraction of sp³-hybridized carbons (Fsp3) is 0.625. The average Bonchev–Trinajstić information content (AvgIpc) is 2.49. The second-order valence-corrected chi connectivity index (χ2v) is 5.58. The Hall–Kier alpha value is -1.14. The first kappa shape index (κ1) is 17.9. The maximum Gasteiger partial charge on any atom is 0.124 e. The quantitative estimate of drug-likeness (QED) is 0.414. The molecule has 0 saturated carbocycles. The second-order valence-electron chi connectivity index (χ2n) is 5.58. The van der Waals surface area contributed by atoms with E-state index in [-0.39, 0.29) is 11.6 Å². The Morgan fingerprint density at radius 1 is 1.29 bits per heavy atom. The minimum atomic E-state index is -0.116. The van der Waals surface area contributed by atoms with Crippen molar-refractivity contribution < 1.29 is 9.47 Å². The second kappa shape index (κ2) is 8.34. The molecule has 5 heteroatoms. The molecule has 0 fully saturated rings. The van der Waals surface area contributed by atoms with Gasteiger partial charge in [-0.05, 0) is 33.5 Å². The standard InChI is InChI=1S/C16H29N3O2/c1-6-16(2,19(3)4)15(18-17)13-9-7-8-10-14(13)21-12-11-20-5/h7-10,15,18H,6,11-12,17H2,1-5H3. The van der Waals surface area contributed by atoms with Crippen molar-refractivity contribution in [2.24, 2.45) is 5.84 Å². The molecule has 0 aliphatic heterocycles. The number of nitrogens with one attached hydrogen (secondary N) is 1. The van der Waals surface area contributed by atoms with Gasteiger partial charge in [0.25, 0.3) is 0 Å². The third-order valence-corrected chi connectivity index (χ3v) is 4.30. The van der Waals surface area contributed by atoms with Crippen LogP contribution in [0.5, 0.6) is 5.75 Å². The molecule has 0 aliphatic rings. The highest BCUT2D eigenvalue weighted by Crippen LogP contribution is 2.36. The van der Waals surface area contributed by atoms with Crippen LogP contribution in [-0.4, -0.2) is 44.9 Å². The Bertz CT molecular complexity index is 426. The number of nitrogens with two attached hydrogens (primary N) is 1. The average molecular weight is 295 g/mol. The largest absolute Gasteiger partial charge is 0.491 e. The van der Waals surface area contributed by atoms with E-state index >= 15 is 0 Å². The third kappa shape index (κ3) is 4.17. The van der Waals surface area contributed by atoms with E-state index in [2.05, 4.69) is 44.3 Å². The highest BCUT2D eigenvalue weighted by atomic mass is 16.5. The van der Waals surface area contributed by atoms with E-state index in [0.717, 1.165) is 17.7 Å². The van der Waals surface area contributed by atoms with Crippen molar-refractivity contribution in [3.8, 4) is 5.75 Å². The van der Waals surface area contributed by atoms with Gasteiger partial charge in [0.1, 0.15) is 12.4 Å². The number of nitrogens with zero attached hydrogens (tertiary/aromatic N) is 1. The van der Waals surface area contributed by atoms with E-state index in [9.17, 15) is 0 Å². The summed E-state index contributed by atoms with van der Waals surface area (Å²) in [6.07, 6.45) is 0.960. The van der Waals surface area contributed by atoms with Crippen LogP contribution in [0.25, 0.3) is 0 Å². The molecule has 5 nitrogen and oxygen atoms in total. The van der Waals surface area contributed by atoms with Crippen molar-refractivity contribution in [2.75, 3.05) is 34.4 Å². The summed E-state index contributed by atoms with van der Waals surface area (Å²) in [5.74, 6) is 6.72. The Labute approximate surface area is 128 Å². The normalized spacial score (nSPS) is 15.8. The number of hydrazine groups is 1. The van der Waals surface area contributed by atoms with Crippen LogP contribution in [0.15, 0.2) is 24.3 Å². The Kier molecular flexibility index (Phi) is 7.11. The van der Waals surface area contributed by atoms with Crippen molar-refractivity contribution in [3.05, 3.63) is 29.8 Å². The molecule has 120 valence electrons. The molecule has 3 N–H and O–H groups in total. The van der Waals surface area contributed by atoms with Crippen molar-refractivity contribution in [1.82, 2.24) is 10.3 Å². The summed E-state index contributed by atoms with van der Waals surface area (Å²) < 4.78 is 10.9. The highest BCUT2D eigenvalue weighted by Gasteiger charge is 2.36. The molecule has 0 amide bonds. The molecule has 0 bridgehead atoms. The summed E-state index contributed by atoms with van der Waals surface area (Å²) in [7, 11) is 5.81. The van der Waals surface area contributed by atoms with Gasteiger partial charge in [-0.3, -0.25) is 11.3 Å². The number of benzene rings is 1. The van der Waals surface area contributed by atoms with Gasteiger partial charge in [0.15, 0.2) is 0 Å². The minimum Gasteiger partial charge on any atom is -0.491 e. The first-order chi connectivity index (χ1) is 10.0. The van der Waals surface area contributed by atoms with E-state index in [0.29, 0.717) is 13.2 Å². The molecular weight excluding hydrogens is 266 g/mol. The van der Waals surface area contributed by atoms with E-state index in [4.69, 9.17) is 15.3 Å². The van der Waals surface area contributed by atoms with Crippen LogP contribution in [0, 0.1) is 0 Å². The monoisotopic (exact) mass is 295 g/mol. The summed E-state index contributed by atoms with van der Waals surface area (Å²) in [6, 6.07) is 7.98. The van der Waals surface area contributed by atoms with Crippen molar-refractivity contribution in [1.29, 1.82) is 0 Å². The van der Waals surface area contributed by atoms with Gasteiger partial charge in [0.05, 0.1) is 12.6 Å². The van der Waals surface area contributed by atoms with Crippen LogP contribution < -0.4 is 16.0 Å². The first-order valence-electron chi connectivity index (χ1n) is 7.35. The van der Waals surface area contributed by atoms with Gasteiger partial charge in [0.2, 0.25) is 0 Å². The molecular formula is C16H29N3O2. The lowest BCUT2D eigenvalue weighted by Crippen LogP contribution is -2.53. The molecule has 0 saturated heterocycles. The molecule has 2 unspecified atom stereocenters. The SMILES string of the molecule is CCC(C)(C(NN)c1ccccc1OCCOC)N(C)C. The number of hydrogen-bond acceptors (Lipinski definition) is 5. The van der Waals surface area contributed by atoms with Gasteiger partial charge in [-0.25, -0.2) is 0 Å². The molecule has 0 radical (unpaired) electrons. The van der Waals surface area contributed by atoms with Crippen LogP contribution in [-0.2, 0) is 4.74 Å². The van der Waals surface area contributed by atoms with Gasteiger partial charge >= 0.3 is 0 Å². The minimum absolute atomic E-state index is 0.0313. The topological polar surface area (TPSA) is 59.8 Å². The van der Waals surface area contributed by atoms with Crippen molar-refractivity contribution in [2.45, 2.75) is 31.8 Å². The summed E-state index contributed by atoms with van der Waals surface area (Å²) in [5.41, 5.74) is 3.92. The number of methoxy groups -OCH3 is 1. The molecule has 0 aromatic heterocycles. The van der Waals surface area contributed by atoms with Gasteiger partial charge in [-0.1, -0.05) is 25.1 Å². The van der Waals surface area contributed by atoms with Crippen molar-refractivity contribution in [3.63, 3.8) is 0 Å². The third-order valence-electron chi connectivity index (χ3n) is 4.30. The summed E-state index contributed by atoms with van der Waals surface area (Å²) >= 11 is 0. The zero-order chi connectivity index (χ0) is 15.9. The fourth-order valence-corrected chi connectivity index (χ4v) is 2.47. The number of hydrogen-bond donors (Lipinski definition) is 2. The Morgan fingerprint density at radius 3 is 2.48 bits per heavy atom. The van der Waals surface area contributed by atoms with E-state index in [1.807, 2.05) is 18.2 Å². The lowest BCUT2D eigenvalue weighted by molar-refractivity contribution is 0.108. The van der Waals surface area contributed by atoms with Gasteiger partial charge in [-0.2, -0.15) is 0 Å². The van der Waals surface area contributed by atoms with E-state index in [1.165, 1.54) is 0 Å². The van der Waals surface area contributed by atoms with E-state index in [1.54, 1.807) is 7.11 Å². The molecule has 0 spiro atoms. The number of ether oxygens (including phenoxy) is 2. The summed E-state index contributed by atoms with van der Waals surface area (Å²) in [5, 5.41) is 0. The number of para-hydroxylation sites is 1. The molecule has 1 rings (SSSR count). The van der Waals surface area contributed by atoms with Crippen LogP contribution >= 0.6 is 0 Å². The Morgan fingerprint density at radius 2 is 1.95 bits per heavy atom. The lowest BCUT2D eigenvalue weighted by atomic mass is 9.83. The highest BCUT2D eigenvalue weighted by molar-refractivity contribution is 5.38. The molecule has 1 aromatic rings. The smallest absolute Gasteiger partial charge is 0.124 e. The molecule has 0 aliphatic carbocycles. The van der Waals surface area contributed by atoms with Gasteiger partial charge in [0, 0.05) is 18.2 Å². The molecule has 0 heterocycles. The number of rotatable bonds is 9. The number of likely N-dealkylation sites (N-methyl/N-ethyl adjacent to an activating group) is 1. The predicted octanol–water partition coefficient (Wildman–Crippen LogP) is 1.95. The lowest BCUT2D eigenvalue weighted by Gasteiger charge is -2.42. The molecule has 21 heavy (non-hydrogen) atoms. The maximum absolute atomic E-state index is 5.87. The predicted molar refractivity (Wildman–Crippen MR) is 86.3 cm³/mol. The first-order valence-corrected chi connectivity index (χ1v) is 7.35. The van der Waals surface area contributed by atoms with Crippen LogP contribution in [0.4, 0.5) is 0 Å². The van der Waals surface area contributed by atoms with Crippen LogP contribution in [0.1, 0.15) is 31.9 Å². The zero-order valence-corrected chi connectivity index (χ0v) is 13.8. The van der Waals surface area contributed by atoms with Gasteiger partial charge < -0.3 is 14.4 Å². The Balaban J connectivity index is 3.10. The van der Waals surface area contributed by atoms with Crippen molar-refractivity contribution >= 4 is 0 Å². The molecule has 1 aromatic carbocycles. The zero-order valence-electron chi connectivity index (χ0n) is 13.8. The molecule has 2 atom stereocenters. The van der Waals surface area contributed by atoms with Crippen LogP contribution in [0.3, 0.4) is 0 Å². The summed E-state index contributed by atoms with van der Waals surface area (Å²) in [4.78, 5) is 2.20.